The highest BCUT2D eigenvalue weighted by Gasteiger charge is 2.18. The van der Waals surface area contributed by atoms with Crippen LogP contribution in [0.3, 0.4) is 0 Å². The van der Waals surface area contributed by atoms with Crippen LogP contribution in [0.4, 0.5) is 0 Å². The molecule has 1 aromatic rings. The van der Waals surface area contributed by atoms with Gasteiger partial charge in [-0.05, 0) is 31.7 Å². The Morgan fingerprint density at radius 1 is 0.714 bits per heavy atom. The molecule has 0 amide bonds. The van der Waals surface area contributed by atoms with E-state index in [-0.39, 0.29) is 0 Å². The Balaban J connectivity index is 1.85. The number of hydrogen-bond acceptors (Lipinski definition) is 2. The zero-order valence-electron chi connectivity index (χ0n) is 18.8. The van der Waals surface area contributed by atoms with E-state index in [2.05, 4.69) is 31.2 Å². The number of rotatable bonds is 19. The van der Waals surface area contributed by atoms with Gasteiger partial charge in [-0.1, -0.05) is 114 Å². The standard InChI is InChI=1S/C26H46O2/c1-3-4-5-6-7-10-16-21-26(2,27)22-17-11-8-9-12-18-23-28-24-25-19-14-13-15-20-25/h13-15,19-20,27H,3-12,16-18,21-24H2,1-2H3. The topological polar surface area (TPSA) is 29.5 Å². The van der Waals surface area contributed by atoms with E-state index in [4.69, 9.17) is 4.74 Å². The maximum Gasteiger partial charge on any atom is 0.0716 e. The molecule has 0 aliphatic rings. The van der Waals surface area contributed by atoms with E-state index in [9.17, 15) is 5.11 Å². The summed E-state index contributed by atoms with van der Waals surface area (Å²) in [5.74, 6) is 0. The van der Waals surface area contributed by atoms with E-state index in [0.717, 1.165) is 38.9 Å². The Kier molecular flexibility index (Phi) is 15.3. The van der Waals surface area contributed by atoms with Gasteiger partial charge >= 0.3 is 0 Å². The minimum absolute atomic E-state index is 0.450. The van der Waals surface area contributed by atoms with Crippen molar-refractivity contribution in [1.82, 2.24) is 0 Å². The van der Waals surface area contributed by atoms with Crippen LogP contribution in [0.15, 0.2) is 30.3 Å². The lowest BCUT2D eigenvalue weighted by Gasteiger charge is -2.23. The minimum atomic E-state index is -0.450. The second-order valence-corrected chi connectivity index (χ2v) is 8.78. The zero-order chi connectivity index (χ0) is 20.3. The molecule has 2 heteroatoms. The van der Waals surface area contributed by atoms with Gasteiger partial charge in [-0.2, -0.15) is 0 Å². The largest absolute Gasteiger partial charge is 0.390 e. The maximum absolute atomic E-state index is 10.5. The van der Waals surface area contributed by atoms with Gasteiger partial charge in [0.2, 0.25) is 0 Å². The Labute approximate surface area is 175 Å². The van der Waals surface area contributed by atoms with E-state index >= 15 is 0 Å². The van der Waals surface area contributed by atoms with Crippen molar-refractivity contribution in [2.45, 2.75) is 122 Å². The second kappa shape index (κ2) is 17.0. The van der Waals surface area contributed by atoms with Gasteiger partial charge in [-0.25, -0.2) is 0 Å². The molecule has 0 heterocycles. The van der Waals surface area contributed by atoms with Gasteiger partial charge in [0, 0.05) is 6.61 Å². The highest BCUT2D eigenvalue weighted by molar-refractivity contribution is 5.13. The number of unbranched alkanes of at least 4 members (excludes halogenated alkanes) is 11. The first-order valence-corrected chi connectivity index (χ1v) is 12.0. The van der Waals surface area contributed by atoms with Crippen molar-refractivity contribution in [2.75, 3.05) is 6.61 Å². The molecule has 0 aromatic heterocycles. The molecule has 28 heavy (non-hydrogen) atoms. The van der Waals surface area contributed by atoms with Crippen LogP contribution in [0, 0.1) is 0 Å². The Morgan fingerprint density at radius 2 is 1.21 bits per heavy atom. The predicted octanol–water partition coefficient (Wildman–Crippen LogP) is 7.83. The van der Waals surface area contributed by atoms with Crippen molar-refractivity contribution in [2.24, 2.45) is 0 Å². The molecule has 0 aliphatic carbocycles. The SMILES string of the molecule is CCCCCCCCCC(C)(O)CCCCCCCCOCc1ccccc1. The van der Waals surface area contributed by atoms with E-state index in [1.807, 2.05) is 13.0 Å². The third kappa shape index (κ3) is 15.1. The zero-order valence-corrected chi connectivity index (χ0v) is 18.8. The molecule has 2 nitrogen and oxygen atoms in total. The molecule has 0 bridgehead atoms. The van der Waals surface area contributed by atoms with Crippen molar-refractivity contribution in [3.05, 3.63) is 35.9 Å². The van der Waals surface area contributed by atoms with Crippen LogP contribution in [0.2, 0.25) is 0 Å². The van der Waals surface area contributed by atoms with Crippen molar-refractivity contribution < 1.29 is 9.84 Å². The average molecular weight is 391 g/mol. The first kappa shape index (κ1) is 25.2. The molecule has 1 N–H and O–H groups in total. The third-order valence-electron chi connectivity index (χ3n) is 5.68. The normalized spacial score (nSPS) is 13.5. The quantitative estimate of drug-likeness (QED) is 0.244. The Bertz CT molecular complexity index is 441. The Hall–Kier alpha value is -0.860. The van der Waals surface area contributed by atoms with Gasteiger partial charge in [0.15, 0.2) is 0 Å². The smallest absolute Gasteiger partial charge is 0.0716 e. The van der Waals surface area contributed by atoms with Crippen LogP contribution in [0.25, 0.3) is 0 Å². The highest BCUT2D eigenvalue weighted by atomic mass is 16.5. The van der Waals surface area contributed by atoms with Crippen molar-refractivity contribution in [1.29, 1.82) is 0 Å². The molecule has 1 unspecified atom stereocenters. The highest BCUT2D eigenvalue weighted by Crippen LogP contribution is 2.22. The molecule has 162 valence electrons. The van der Waals surface area contributed by atoms with Crippen LogP contribution in [0.5, 0.6) is 0 Å². The fourth-order valence-electron chi connectivity index (χ4n) is 3.77. The predicted molar refractivity (Wildman–Crippen MR) is 122 cm³/mol. The second-order valence-electron chi connectivity index (χ2n) is 8.78. The molecular weight excluding hydrogens is 344 g/mol. The molecule has 1 aromatic carbocycles. The monoisotopic (exact) mass is 390 g/mol. The molecular formula is C26H46O2. The number of hydrogen-bond donors (Lipinski definition) is 1. The molecule has 1 atom stereocenters. The molecule has 1 rings (SSSR count). The summed E-state index contributed by atoms with van der Waals surface area (Å²) in [5.41, 5.74) is 0.806. The van der Waals surface area contributed by atoms with Gasteiger partial charge in [-0.3, -0.25) is 0 Å². The fourth-order valence-corrected chi connectivity index (χ4v) is 3.77. The van der Waals surface area contributed by atoms with Gasteiger partial charge < -0.3 is 9.84 Å². The minimum Gasteiger partial charge on any atom is -0.390 e. The summed E-state index contributed by atoms with van der Waals surface area (Å²) < 4.78 is 5.73. The van der Waals surface area contributed by atoms with Gasteiger partial charge in [-0.15, -0.1) is 0 Å². The fraction of sp³-hybridized carbons (Fsp3) is 0.769. The van der Waals surface area contributed by atoms with Gasteiger partial charge in [0.1, 0.15) is 0 Å². The van der Waals surface area contributed by atoms with Crippen LogP contribution in [-0.2, 0) is 11.3 Å². The first-order valence-electron chi connectivity index (χ1n) is 12.0. The summed E-state index contributed by atoms with van der Waals surface area (Å²) in [6.45, 7) is 5.89. The van der Waals surface area contributed by atoms with Crippen LogP contribution >= 0.6 is 0 Å². The molecule has 0 saturated carbocycles. The Morgan fingerprint density at radius 3 is 1.79 bits per heavy atom. The lowest BCUT2D eigenvalue weighted by Crippen LogP contribution is -2.23. The van der Waals surface area contributed by atoms with E-state index < -0.39 is 5.60 Å². The molecule has 0 fully saturated rings. The average Bonchev–Trinajstić information content (AvgIpc) is 2.69. The molecule has 0 radical (unpaired) electrons. The van der Waals surface area contributed by atoms with E-state index in [0.29, 0.717) is 0 Å². The summed E-state index contributed by atoms with van der Waals surface area (Å²) >= 11 is 0. The molecule has 0 aliphatic heterocycles. The van der Waals surface area contributed by atoms with Gasteiger partial charge in [0.25, 0.3) is 0 Å². The summed E-state index contributed by atoms with van der Waals surface area (Å²) in [6, 6.07) is 10.4. The lowest BCUT2D eigenvalue weighted by molar-refractivity contribution is 0.0366. The van der Waals surface area contributed by atoms with Crippen LogP contribution in [0.1, 0.15) is 116 Å². The summed E-state index contributed by atoms with van der Waals surface area (Å²) in [4.78, 5) is 0. The molecule has 0 spiro atoms. The van der Waals surface area contributed by atoms with Gasteiger partial charge in [0.05, 0.1) is 12.2 Å². The maximum atomic E-state index is 10.5. The van der Waals surface area contributed by atoms with Crippen molar-refractivity contribution in [3.8, 4) is 0 Å². The van der Waals surface area contributed by atoms with Crippen molar-refractivity contribution >= 4 is 0 Å². The van der Waals surface area contributed by atoms with Crippen LogP contribution < -0.4 is 0 Å². The number of ether oxygens (including phenoxy) is 1. The molecule has 0 saturated heterocycles. The summed E-state index contributed by atoms with van der Waals surface area (Å²) in [5, 5.41) is 10.5. The van der Waals surface area contributed by atoms with E-state index in [1.54, 1.807) is 0 Å². The number of benzene rings is 1. The number of aliphatic hydroxyl groups is 1. The van der Waals surface area contributed by atoms with Crippen molar-refractivity contribution in [3.63, 3.8) is 0 Å². The van der Waals surface area contributed by atoms with E-state index in [1.165, 1.54) is 76.2 Å². The third-order valence-corrected chi connectivity index (χ3v) is 5.68. The first-order chi connectivity index (χ1) is 13.6. The summed E-state index contributed by atoms with van der Waals surface area (Å²) in [6.07, 6.45) is 18.6. The van der Waals surface area contributed by atoms with Crippen LogP contribution in [-0.4, -0.2) is 17.3 Å². The summed E-state index contributed by atoms with van der Waals surface area (Å²) in [7, 11) is 0. The lowest BCUT2D eigenvalue weighted by atomic mass is 9.91.